The number of hydrogen-bond acceptors (Lipinski definition) is 3. The van der Waals surface area contributed by atoms with Crippen LogP contribution in [0.5, 0.6) is 0 Å². The van der Waals surface area contributed by atoms with Crippen LogP contribution in [0.15, 0.2) is 22.8 Å². The molecule has 1 aliphatic heterocycles. The summed E-state index contributed by atoms with van der Waals surface area (Å²) in [4.78, 5) is 10.8. The predicted molar refractivity (Wildman–Crippen MR) is 65.7 cm³/mol. The summed E-state index contributed by atoms with van der Waals surface area (Å²) in [6, 6.07) is 0. The van der Waals surface area contributed by atoms with E-state index in [2.05, 4.69) is 0 Å². The smallest absolute Gasteiger partial charge is 0.450 e. The van der Waals surface area contributed by atoms with Gasteiger partial charge in [-0.1, -0.05) is 12.2 Å². The van der Waals surface area contributed by atoms with Gasteiger partial charge in [0, 0.05) is 5.92 Å². The van der Waals surface area contributed by atoms with Gasteiger partial charge in [-0.15, -0.1) is 0 Å². The van der Waals surface area contributed by atoms with Gasteiger partial charge in [-0.05, 0) is 24.1 Å². The third kappa shape index (κ3) is 2.64. The summed E-state index contributed by atoms with van der Waals surface area (Å²) in [5.74, 6) is -4.95. The topological polar surface area (TPSA) is 26.3 Å². The quantitative estimate of drug-likeness (QED) is 0.558. The van der Waals surface area contributed by atoms with E-state index in [9.17, 15) is 35.5 Å². The zero-order valence-corrected chi connectivity index (χ0v) is 11.9. The SMILES string of the molecule is O=C1C(SC(F)(F)C(F)F)=C(C(F)(F)F)O[C@@H]2[C@@H]1[C@H]1C=C[C@H]2C1. The van der Waals surface area contributed by atoms with Crippen LogP contribution < -0.4 is 0 Å². The molecule has 10 heteroatoms. The molecule has 23 heavy (non-hydrogen) atoms. The number of ether oxygens (including phenoxy) is 1. The van der Waals surface area contributed by atoms with Crippen molar-refractivity contribution in [1.82, 2.24) is 0 Å². The summed E-state index contributed by atoms with van der Waals surface area (Å²) >= 11 is -1.07. The van der Waals surface area contributed by atoms with Crippen molar-refractivity contribution >= 4 is 17.5 Å². The van der Waals surface area contributed by atoms with E-state index in [1.165, 1.54) is 0 Å². The number of Topliss-reactive ketones (excluding diaryl/α,β-unsaturated/α-hetero) is 1. The Balaban J connectivity index is 2.01. The Hall–Kier alpha value is -1.19. The number of carbonyl (C=O) groups excluding carboxylic acids is 1. The number of allylic oxidation sites excluding steroid dienone is 3. The van der Waals surface area contributed by atoms with Crippen molar-refractivity contribution in [2.45, 2.75) is 30.4 Å². The van der Waals surface area contributed by atoms with Gasteiger partial charge in [-0.3, -0.25) is 4.79 Å². The van der Waals surface area contributed by atoms with Crippen LogP contribution in [-0.2, 0) is 9.53 Å². The lowest BCUT2D eigenvalue weighted by Gasteiger charge is -2.35. The second-order valence-corrected chi connectivity index (χ2v) is 6.70. The van der Waals surface area contributed by atoms with Crippen LogP contribution in [0.3, 0.4) is 0 Å². The van der Waals surface area contributed by atoms with E-state index >= 15 is 0 Å². The number of thioether (sulfide) groups is 1. The summed E-state index contributed by atoms with van der Waals surface area (Å²) < 4.78 is 94.9. The molecule has 1 saturated carbocycles. The second kappa shape index (κ2) is 5.15. The van der Waals surface area contributed by atoms with Crippen LogP contribution in [0.4, 0.5) is 30.7 Å². The molecule has 2 bridgehead atoms. The maximum absolute atomic E-state index is 13.2. The Kier molecular flexibility index (Phi) is 3.73. The molecule has 4 atom stereocenters. The number of hydrogen-bond donors (Lipinski definition) is 0. The first-order chi connectivity index (χ1) is 10.5. The molecule has 2 aliphatic carbocycles. The average molecular weight is 362 g/mol. The summed E-state index contributed by atoms with van der Waals surface area (Å²) in [5.41, 5.74) is 0. The number of rotatable bonds is 3. The molecule has 0 saturated heterocycles. The Morgan fingerprint density at radius 1 is 1.13 bits per heavy atom. The molecule has 1 fully saturated rings. The lowest BCUT2D eigenvalue weighted by Crippen LogP contribution is -2.42. The van der Waals surface area contributed by atoms with E-state index in [-0.39, 0.29) is 0 Å². The van der Waals surface area contributed by atoms with E-state index in [0.29, 0.717) is 6.42 Å². The molecule has 0 spiro atoms. The molecule has 0 N–H and O–H groups in total. The minimum atomic E-state index is -5.22. The van der Waals surface area contributed by atoms with Crippen molar-refractivity contribution in [3.63, 3.8) is 0 Å². The highest BCUT2D eigenvalue weighted by Crippen LogP contribution is 2.55. The molecule has 3 aliphatic rings. The first-order valence-electron chi connectivity index (χ1n) is 6.58. The fourth-order valence-electron chi connectivity index (χ4n) is 3.21. The Morgan fingerprint density at radius 2 is 1.74 bits per heavy atom. The predicted octanol–water partition coefficient (Wildman–Crippen LogP) is 4.14. The van der Waals surface area contributed by atoms with Crippen molar-refractivity contribution in [3.05, 3.63) is 22.8 Å². The largest absolute Gasteiger partial charge is 0.483 e. The van der Waals surface area contributed by atoms with Crippen LogP contribution in [0.25, 0.3) is 0 Å². The highest BCUT2D eigenvalue weighted by atomic mass is 32.2. The van der Waals surface area contributed by atoms with Gasteiger partial charge in [0.25, 0.3) is 0 Å². The van der Waals surface area contributed by atoms with E-state index in [1.807, 2.05) is 0 Å². The average Bonchev–Trinajstić information content (AvgIpc) is 3.01. The maximum atomic E-state index is 13.2. The number of carbonyl (C=O) groups is 1. The minimum absolute atomic E-state index is 0.384. The van der Waals surface area contributed by atoms with Gasteiger partial charge < -0.3 is 4.74 Å². The number of fused-ring (bicyclic) bond motifs is 5. The van der Waals surface area contributed by atoms with E-state index in [1.54, 1.807) is 12.2 Å². The maximum Gasteiger partial charge on any atom is 0.450 e. The number of ketones is 1. The molecule has 0 aromatic heterocycles. The van der Waals surface area contributed by atoms with E-state index < -0.39 is 69.9 Å². The first-order valence-corrected chi connectivity index (χ1v) is 7.39. The third-order valence-electron chi connectivity index (χ3n) is 4.12. The molecule has 1 heterocycles. The number of alkyl halides is 7. The molecule has 0 aromatic rings. The fourth-order valence-corrected chi connectivity index (χ4v) is 4.06. The van der Waals surface area contributed by atoms with Gasteiger partial charge in [0.1, 0.15) is 11.0 Å². The van der Waals surface area contributed by atoms with Crippen LogP contribution >= 0.6 is 11.8 Å². The van der Waals surface area contributed by atoms with Crippen LogP contribution in [0.2, 0.25) is 0 Å². The molecule has 0 unspecified atom stereocenters. The third-order valence-corrected chi connectivity index (χ3v) is 5.16. The molecule has 0 amide bonds. The first kappa shape index (κ1) is 16.7. The van der Waals surface area contributed by atoms with E-state index in [4.69, 9.17) is 4.74 Å². The molecule has 2 nitrogen and oxygen atoms in total. The Labute approximate surface area is 129 Å². The summed E-state index contributed by atoms with van der Waals surface area (Å²) in [6.45, 7) is 0. The Morgan fingerprint density at radius 3 is 2.30 bits per heavy atom. The Bertz CT molecular complexity index is 596. The number of halogens is 7. The van der Waals surface area contributed by atoms with Crippen molar-refractivity contribution in [2.75, 3.05) is 0 Å². The van der Waals surface area contributed by atoms with Gasteiger partial charge in [0.05, 0.1) is 5.92 Å². The van der Waals surface area contributed by atoms with Gasteiger partial charge in [0.15, 0.2) is 5.78 Å². The fraction of sp³-hybridized carbons (Fsp3) is 0.615. The van der Waals surface area contributed by atoms with Crippen molar-refractivity contribution in [1.29, 1.82) is 0 Å². The molecule has 0 aromatic carbocycles. The van der Waals surface area contributed by atoms with Crippen molar-refractivity contribution in [3.8, 4) is 0 Å². The minimum Gasteiger partial charge on any atom is -0.483 e. The van der Waals surface area contributed by atoms with Crippen molar-refractivity contribution < 1.29 is 40.3 Å². The molecular weight excluding hydrogens is 353 g/mol. The monoisotopic (exact) mass is 362 g/mol. The van der Waals surface area contributed by atoms with E-state index in [0.717, 1.165) is 0 Å². The zero-order valence-electron chi connectivity index (χ0n) is 11.1. The summed E-state index contributed by atoms with van der Waals surface area (Å²) in [7, 11) is 0. The lowest BCUT2D eigenvalue weighted by molar-refractivity contribution is -0.158. The molecular formula is C13H9F7O2S. The van der Waals surface area contributed by atoms with Gasteiger partial charge in [-0.25, -0.2) is 8.78 Å². The van der Waals surface area contributed by atoms with Crippen LogP contribution in [0.1, 0.15) is 6.42 Å². The van der Waals surface area contributed by atoms with Crippen LogP contribution in [0, 0.1) is 17.8 Å². The summed E-state index contributed by atoms with van der Waals surface area (Å²) in [6.07, 6.45) is -6.88. The van der Waals surface area contributed by atoms with Crippen molar-refractivity contribution in [2.24, 2.45) is 17.8 Å². The summed E-state index contributed by atoms with van der Waals surface area (Å²) in [5, 5.41) is -4.81. The van der Waals surface area contributed by atoms with Gasteiger partial charge in [0.2, 0.25) is 5.76 Å². The highest BCUT2D eigenvalue weighted by molar-refractivity contribution is 8.05. The molecule has 0 radical (unpaired) electrons. The molecule has 128 valence electrons. The van der Waals surface area contributed by atoms with Crippen LogP contribution in [-0.4, -0.2) is 29.7 Å². The normalized spacial score (nSPS) is 33.5. The molecule has 3 rings (SSSR count). The highest BCUT2D eigenvalue weighted by Gasteiger charge is 2.59. The van der Waals surface area contributed by atoms with Gasteiger partial charge in [-0.2, -0.15) is 22.0 Å². The van der Waals surface area contributed by atoms with Gasteiger partial charge >= 0.3 is 17.9 Å². The standard InChI is InChI=1S/C13H9F7O2S/c14-11(15)13(19,20)23-9-7(21)6-4-1-2-5(3-4)8(6)22-10(9)12(16,17)18/h1-2,4-6,8,11H,3H2/t4-,5-,6+,8-/m0/s1. The lowest BCUT2D eigenvalue weighted by atomic mass is 9.85. The zero-order chi connectivity index (χ0) is 17.2. The second-order valence-electron chi connectivity index (χ2n) is 5.54.